The molecule has 2 heterocycles. The van der Waals surface area contributed by atoms with Crippen molar-refractivity contribution in [3.63, 3.8) is 0 Å². The molecule has 104 valence electrons. The second-order valence-electron chi connectivity index (χ2n) is 4.56. The second-order valence-corrected chi connectivity index (χ2v) is 5.62. The molecular formula is C15H12N4OS. The summed E-state index contributed by atoms with van der Waals surface area (Å²) < 4.78 is 2.75. The third-order valence-corrected chi connectivity index (χ3v) is 4.28. The first-order valence-electron chi connectivity index (χ1n) is 6.38. The molecule has 0 bridgehead atoms. The summed E-state index contributed by atoms with van der Waals surface area (Å²) in [5, 5.41) is 13.6. The van der Waals surface area contributed by atoms with Gasteiger partial charge in [-0.25, -0.2) is 4.98 Å². The number of nitriles is 1. The number of imidazole rings is 1. The Balaban J connectivity index is 1.86. The number of nitrogens with zero attached hydrogens (tertiary/aromatic N) is 3. The minimum Gasteiger partial charge on any atom is -0.326 e. The summed E-state index contributed by atoms with van der Waals surface area (Å²) in [5.74, 6) is 0.612. The van der Waals surface area contributed by atoms with Crippen molar-refractivity contribution >= 4 is 32.3 Å². The number of amides is 1. The smallest absolute Gasteiger partial charge is 0.244 e. The van der Waals surface area contributed by atoms with E-state index in [0.717, 1.165) is 15.9 Å². The van der Waals surface area contributed by atoms with Crippen molar-refractivity contribution in [1.29, 1.82) is 5.26 Å². The lowest BCUT2D eigenvalue weighted by atomic mass is 10.2. The zero-order chi connectivity index (χ0) is 14.8. The molecule has 1 N–H and O–H groups in total. The topological polar surface area (TPSA) is 70.7 Å². The van der Waals surface area contributed by atoms with Gasteiger partial charge in [-0.1, -0.05) is 18.2 Å². The molecule has 2 aromatic heterocycles. The predicted octanol–water partition coefficient (Wildman–Crippen LogP) is 2.92. The zero-order valence-corrected chi connectivity index (χ0v) is 12.1. The van der Waals surface area contributed by atoms with Crippen LogP contribution in [0.25, 0.3) is 10.1 Å². The SMILES string of the molecule is Cc1nccn1CC(=O)Nc1sc2ccccc2c1C#N. The Bertz CT molecular complexity index is 856. The van der Waals surface area contributed by atoms with Crippen LogP contribution in [0.3, 0.4) is 0 Å². The Morgan fingerprint density at radius 2 is 2.29 bits per heavy atom. The van der Waals surface area contributed by atoms with E-state index >= 15 is 0 Å². The number of anilines is 1. The monoisotopic (exact) mass is 296 g/mol. The lowest BCUT2D eigenvalue weighted by molar-refractivity contribution is -0.116. The van der Waals surface area contributed by atoms with Gasteiger partial charge in [0.05, 0.1) is 5.56 Å². The molecule has 1 aromatic carbocycles. The summed E-state index contributed by atoms with van der Waals surface area (Å²) in [6.07, 6.45) is 3.41. The molecule has 21 heavy (non-hydrogen) atoms. The highest BCUT2D eigenvalue weighted by Gasteiger charge is 2.14. The maximum absolute atomic E-state index is 12.1. The van der Waals surface area contributed by atoms with Crippen LogP contribution >= 0.6 is 11.3 Å². The van der Waals surface area contributed by atoms with Gasteiger partial charge in [0, 0.05) is 22.5 Å². The van der Waals surface area contributed by atoms with Gasteiger partial charge in [-0.15, -0.1) is 11.3 Å². The van der Waals surface area contributed by atoms with Crippen LogP contribution in [0.15, 0.2) is 36.7 Å². The van der Waals surface area contributed by atoms with Crippen LogP contribution < -0.4 is 5.32 Å². The third kappa shape index (κ3) is 2.51. The molecule has 0 unspecified atom stereocenters. The van der Waals surface area contributed by atoms with Crippen molar-refractivity contribution in [2.75, 3.05) is 5.32 Å². The molecule has 3 aromatic rings. The van der Waals surface area contributed by atoms with Crippen molar-refractivity contribution in [2.24, 2.45) is 0 Å². The molecule has 0 aliphatic carbocycles. The van der Waals surface area contributed by atoms with E-state index in [9.17, 15) is 10.1 Å². The molecule has 6 heteroatoms. The number of aromatic nitrogens is 2. The Morgan fingerprint density at radius 1 is 1.48 bits per heavy atom. The van der Waals surface area contributed by atoms with Crippen LogP contribution in [0.2, 0.25) is 0 Å². The van der Waals surface area contributed by atoms with Crippen molar-refractivity contribution in [3.05, 3.63) is 48.0 Å². The molecule has 0 fully saturated rings. The molecule has 5 nitrogen and oxygen atoms in total. The summed E-state index contributed by atoms with van der Waals surface area (Å²) in [6.45, 7) is 2.03. The van der Waals surface area contributed by atoms with Gasteiger partial charge < -0.3 is 9.88 Å². The quantitative estimate of drug-likeness (QED) is 0.807. The van der Waals surface area contributed by atoms with Crippen LogP contribution in [0, 0.1) is 18.3 Å². The Morgan fingerprint density at radius 3 is 3.00 bits per heavy atom. The van der Waals surface area contributed by atoms with Gasteiger partial charge in [-0.3, -0.25) is 4.79 Å². The maximum atomic E-state index is 12.1. The van der Waals surface area contributed by atoms with E-state index in [1.54, 1.807) is 17.0 Å². The van der Waals surface area contributed by atoms with E-state index in [0.29, 0.717) is 10.6 Å². The summed E-state index contributed by atoms with van der Waals surface area (Å²) in [6, 6.07) is 9.80. The Hall–Kier alpha value is -2.65. The van der Waals surface area contributed by atoms with Crippen molar-refractivity contribution in [1.82, 2.24) is 9.55 Å². The number of fused-ring (bicyclic) bond motifs is 1. The fourth-order valence-electron chi connectivity index (χ4n) is 2.14. The number of carbonyl (C=O) groups is 1. The highest BCUT2D eigenvalue weighted by Crippen LogP contribution is 2.34. The molecule has 0 atom stereocenters. The first-order valence-corrected chi connectivity index (χ1v) is 7.20. The van der Waals surface area contributed by atoms with Gasteiger partial charge in [0.25, 0.3) is 0 Å². The van der Waals surface area contributed by atoms with Crippen molar-refractivity contribution in [3.8, 4) is 6.07 Å². The van der Waals surface area contributed by atoms with Crippen LogP contribution in [-0.2, 0) is 11.3 Å². The molecule has 0 saturated heterocycles. The van der Waals surface area contributed by atoms with Crippen LogP contribution in [0.1, 0.15) is 11.4 Å². The zero-order valence-electron chi connectivity index (χ0n) is 11.3. The lowest BCUT2D eigenvalue weighted by Gasteiger charge is -2.05. The standard InChI is InChI=1S/C15H12N4OS/c1-10-17-6-7-19(10)9-14(20)18-15-12(8-16)11-4-2-3-5-13(11)21-15/h2-7H,9H2,1H3,(H,18,20). The number of hydrogen-bond donors (Lipinski definition) is 1. The predicted molar refractivity (Wildman–Crippen MR) is 82.1 cm³/mol. The van der Waals surface area contributed by atoms with Crippen LogP contribution in [0.4, 0.5) is 5.00 Å². The third-order valence-electron chi connectivity index (χ3n) is 3.20. The van der Waals surface area contributed by atoms with Gasteiger partial charge in [0.1, 0.15) is 23.4 Å². The van der Waals surface area contributed by atoms with E-state index in [1.165, 1.54) is 11.3 Å². The molecule has 0 aliphatic rings. The van der Waals surface area contributed by atoms with E-state index in [1.807, 2.05) is 31.2 Å². The number of aryl methyl sites for hydroxylation is 1. The highest BCUT2D eigenvalue weighted by molar-refractivity contribution is 7.23. The van der Waals surface area contributed by atoms with Crippen LogP contribution in [0.5, 0.6) is 0 Å². The molecule has 0 radical (unpaired) electrons. The van der Waals surface area contributed by atoms with Gasteiger partial charge in [0.2, 0.25) is 5.91 Å². The average Bonchev–Trinajstić information content (AvgIpc) is 3.02. The van der Waals surface area contributed by atoms with E-state index in [-0.39, 0.29) is 12.5 Å². The summed E-state index contributed by atoms with van der Waals surface area (Å²) >= 11 is 1.41. The maximum Gasteiger partial charge on any atom is 0.244 e. The number of carbonyl (C=O) groups excluding carboxylic acids is 1. The van der Waals surface area contributed by atoms with Crippen molar-refractivity contribution < 1.29 is 4.79 Å². The summed E-state index contributed by atoms with van der Waals surface area (Å²) in [5.41, 5.74) is 0.520. The van der Waals surface area contributed by atoms with Gasteiger partial charge in [-0.05, 0) is 13.0 Å². The Labute approximate surface area is 125 Å². The van der Waals surface area contributed by atoms with E-state index in [2.05, 4.69) is 16.4 Å². The first-order chi connectivity index (χ1) is 10.2. The minimum absolute atomic E-state index is 0.167. The normalized spacial score (nSPS) is 10.5. The molecule has 0 aliphatic heterocycles. The number of rotatable bonds is 3. The van der Waals surface area contributed by atoms with E-state index in [4.69, 9.17) is 0 Å². The Kier molecular flexibility index (Phi) is 3.42. The highest BCUT2D eigenvalue weighted by atomic mass is 32.1. The van der Waals surface area contributed by atoms with Gasteiger partial charge >= 0.3 is 0 Å². The fraction of sp³-hybridized carbons (Fsp3) is 0.133. The summed E-state index contributed by atoms with van der Waals surface area (Å²) in [7, 11) is 0. The van der Waals surface area contributed by atoms with Gasteiger partial charge in [0.15, 0.2) is 0 Å². The molecule has 0 saturated carbocycles. The number of hydrogen-bond acceptors (Lipinski definition) is 4. The second kappa shape index (κ2) is 5.38. The molecule has 0 spiro atoms. The number of nitrogens with one attached hydrogen (secondary N) is 1. The average molecular weight is 296 g/mol. The molecule has 3 rings (SSSR count). The lowest BCUT2D eigenvalue weighted by Crippen LogP contribution is -2.18. The van der Waals surface area contributed by atoms with Gasteiger partial charge in [-0.2, -0.15) is 5.26 Å². The number of thiophene rings is 1. The van der Waals surface area contributed by atoms with E-state index < -0.39 is 0 Å². The summed E-state index contributed by atoms with van der Waals surface area (Å²) in [4.78, 5) is 16.2. The first kappa shape index (κ1) is 13.3. The van der Waals surface area contributed by atoms with Crippen LogP contribution in [-0.4, -0.2) is 15.5 Å². The van der Waals surface area contributed by atoms with Crippen molar-refractivity contribution in [2.45, 2.75) is 13.5 Å². The molecular weight excluding hydrogens is 284 g/mol. The molecule has 1 amide bonds. The number of benzene rings is 1. The largest absolute Gasteiger partial charge is 0.326 e. The fourth-order valence-corrected chi connectivity index (χ4v) is 3.21. The minimum atomic E-state index is -0.167.